The summed E-state index contributed by atoms with van der Waals surface area (Å²) in [4.78, 5) is 23.7. The summed E-state index contributed by atoms with van der Waals surface area (Å²) in [5.41, 5.74) is 0.468. The molecule has 80 valence electrons. The van der Waals surface area contributed by atoms with Gasteiger partial charge in [-0.05, 0) is 6.42 Å². The zero-order valence-corrected chi connectivity index (χ0v) is 8.80. The fourth-order valence-electron chi connectivity index (χ4n) is 1.68. The summed E-state index contributed by atoms with van der Waals surface area (Å²) in [6, 6.07) is 8.68. The minimum absolute atomic E-state index is 0.294. The lowest BCUT2D eigenvalue weighted by molar-refractivity contribution is -0.117. The fourth-order valence-corrected chi connectivity index (χ4v) is 1.68. The van der Waals surface area contributed by atoms with Crippen molar-refractivity contribution in [1.82, 2.24) is 0 Å². The molecule has 0 saturated carbocycles. The van der Waals surface area contributed by atoms with Crippen LogP contribution in [-0.4, -0.2) is 11.6 Å². The zero-order chi connectivity index (χ0) is 11.4. The van der Waals surface area contributed by atoms with Crippen LogP contribution in [0.25, 0.3) is 0 Å². The van der Waals surface area contributed by atoms with E-state index in [0.29, 0.717) is 12.0 Å². The van der Waals surface area contributed by atoms with Gasteiger partial charge in [-0.15, -0.1) is 0 Å². The molecule has 1 aliphatic carbocycles. The third-order valence-corrected chi connectivity index (χ3v) is 2.58. The molecule has 1 aromatic carbocycles. The Morgan fingerprint density at radius 2 is 1.81 bits per heavy atom. The number of Topliss-reactive ketones (excluding diaryl/α,β-unsaturated/α-hetero) is 2. The minimum Gasteiger partial charge on any atom is -0.290 e. The highest BCUT2D eigenvalue weighted by atomic mass is 16.2. The van der Waals surface area contributed by atoms with Crippen molar-refractivity contribution in [3.8, 4) is 0 Å². The SMILES string of the molecule is O=C(C(=O)C1C=CC=CC1)c1ccccc1. The van der Waals surface area contributed by atoms with E-state index < -0.39 is 5.78 Å². The Labute approximate surface area is 94.3 Å². The van der Waals surface area contributed by atoms with Crippen molar-refractivity contribution in [2.75, 3.05) is 0 Å². The van der Waals surface area contributed by atoms with Crippen LogP contribution in [0.4, 0.5) is 0 Å². The second-order valence-corrected chi connectivity index (χ2v) is 3.71. The van der Waals surface area contributed by atoms with Gasteiger partial charge in [0.1, 0.15) is 0 Å². The minimum atomic E-state index is -0.398. The molecule has 2 heteroatoms. The summed E-state index contributed by atoms with van der Waals surface area (Å²) in [5.74, 6) is -1.02. The number of ketones is 2. The van der Waals surface area contributed by atoms with Gasteiger partial charge >= 0.3 is 0 Å². The van der Waals surface area contributed by atoms with Crippen molar-refractivity contribution in [2.24, 2.45) is 5.92 Å². The van der Waals surface area contributed by atoms with Crippen molar-refractivity contribution < 1.29 is 9.59 Å². The number of carbonyl (C=O) groups is 2. The van der Waals surface area contributed by atoms with Gasteiger partial charge in [0.15, 0.2) is 0 Å². The highest BCUT2D eigenvalue weighted by molar-refractivity contribution is 6.44. The largest absolute Gasteiger partial charge is 0.290 e. The number of hydrogen-bond acceptors (Lipinski definition) is 2. The smallest absolute Gasteiger partial charge is 0.229 e. The Hall–Kier alpha value is -1.96. The van der Waals surface area contributed by atoms with Gasteiger partial charge in [-0.2, -0.15) is 0 Å². The van der Waals surface area contributed by atoms with E-state index in [9.17, 15) is 9.59 Å². The first-order valence-corrected chi connectivity index (χ1v) is 5.26. The van der Waals surface area contributed by atoms with Gasteiger partial charge in [-0.3, -0.25) is 9.59 Å². The normalized spacial score (nSPS) is 18.4. The molecule has 0 radical (unpaired) electrons. The summed E-state index contributed by atoms with van der Waals surface area (Å²) >= 11 is 0. The quantitative estimate of drug-likeness (QED) is 0.570. The fraction of sp³-hybridized carbons (Fsp3) is 0.143. The second-order valence-electron chi connectivity index (χ2n) is 3.71. The van der Waals surface area contributed by atoms with Crippen molar-refractivity contribution in [3.05, 3.63) is 60.2 Å². The lowest BCUT2D eigenvalue weighted by Crippen LogP contribution is -2.22. The van der Waals surface area contributed by atoms with E-state index >= 15 is 0 Å². The molecule has 0 fully saturated rings. The molecule has 2 nitrogen and oxygen atoms in total. The van der Waals surface area contributed by atoms with Crippen LogP contribution in [0.2, 0.25) is 0 Å². The van der Waals surface area contributed by atoms with E-state index in [1.807, 2.05) is 24.3 Å². The van der Waals surface area contributed by atoms with Crippen LogP contribution in [0.1, 0.15) is 16.8 Å². The van der Waals surface area contributed by atoms with Gasteiger partial charge in [0.05, 0.1) is 0 Å². The molecular formula is C14H12O2. The molecule has 0 bridgehead atoms. The first kappa shape index (κ1) is 10.6. The number of carbonyl (C=O) groups excluding carboxylic acids is 2. The molecule has 0 amide bonds. The molecule has 0 N–H and O–H groups in total. The highest BCUT2D eigenvalue weighted by Gasteiger charge is 2.23. The maximum absolute atomic E-state index is 11.9. The van der Waals surface area contributed by atoms with Gasteiger partial charge in [0.25, 0.3) is 0 Å². The van der Waals surface area contributed by atoms with Crippen LogP contribution >= 0.6 is 0 Å². The number of benzene rings is 1. The van der Waals surface area contributed by atoms with E-state index in [0.717, 1.165) is 0 Å². The summed E-state index contributed by atoms with van der Waals surface area (Å²) < 4.78 is 0. The van der Waals surface area contributed by atoms with Crippen LogP contribution in [0.3, 0.4) is 0 Å². The third-order valence-electron chi connectivity index (χ3n) is 2.58. The van der Waals surface area contributed by atoms with Gasteiger partial charge in [-0.25, -0.2) is 0 Å². The van der Waals surface area contributed by atoms with E-state index in [-0.39, 0.29) is 11.7 Å². The van der Waals surface area contributed by atoms with Crippen LogP contribution in [0, 0.1) is 5.92 Å². The van der Waals surface area contributed by atoms with Crippen molar-refractivity contribution in [1.29, 1.82) is 0 Å². The number of allylic oxidation sites excluding steroid dienone is 4. The van der Waals surface area contributed by atoms with E-state index in [2.05, 4.69) is 0 Å². The molecule has 1 aliphatic rings. The average molecular weight is 212 g/mol. The zero-order valence-electron chi connectivity index (χ0n) is 8.80. The number of hydrogen-bond donors (Lipinski definition) is 0. The standard InChI is InChI=1S/C14H12O2/c15-13(11-7-3-1-4-8-11)14(16)12-9-5-2-6-10-12/h1-9,12H,10H2. The van der Waals surface area contributed by atoms with Crippen LogP contribution in [0.15, 0.2) is 54.6 Å². The topological polar surface area (TPSA) is 34.1 Å². The van der Waals surface area contributed by atoms with Crippen molar-refractivity contribution in [3.63, 3.8) is 0 Å². The molecule has 1 aromatic rings. The third kappa shape index (κ3) is 2.16. The summed E-state index contributed by atoms with van der Waals surface area (Å²) in [6.45, 7) is 0. The summed E-state index contributed by atoms with van der Waals surface area (Å²) in [5, 5.41) is 0. The van der Waals surface area contributed by atoms with Crippen LogP contribution < -0.4 is 0 Å². The van der Waals surface area contributed by atoms with Crippen LogP contribution in [0.5, 0.6) is 0 Å². The molecule has 1 unspecified atom stereocenters. The van der Waals surface area contributed by atoms with Crippen LogP contribution in [-0.2, 0) is 4.79 Å². The predicted octanol–water partition coefficient (Wildman–Crippen LogP) is 2.57. The Bertz CT molecular complexity index is 455. The van der Waals surface area contributed by atoms with Crippen molar-refractivity contribution >= 4 is 11.6 Å². The Balaban J connectivity index is 2.14. The van der Waals surface area contributed by atoms with Gasteiger partial charge in [0.2, 0.25) is 11.6 Å². The molecule has 0 aliphatic heterocycles. The first-order chi connectivity index (χ1) is 7.79. The molecule has 0 heterocycles. The number of rotatable bonds is 3. The lowest BCUT2D eigenvalue weighted by Gasteiger charge is -2.10. The maximum atomic E-state index is 11.9. The molecular weight excluding hydrogens is 200 g/mol. The average Bonchev–Trinajstić information content (AvgIpc) is 2.39. The highest BCUT2D eigenvalue weighted by Crippen LogP contribution is 2.15. The van der Waals surface area contributed by atoms with E-state index in [4.69, 9.17) is 0 Å². The molecule has 0 saturated heterocycles. The molecule has 0 aromatic heterocycles. The van der Waals surface area contributed by atoms with E-state index in [1.165, 1.54) is 0 Å². The summed E-state index contributed by atoms with van der Waals surface area (Å²) in [6.07, 6.45) is 8.00. The first-order valence-electron chi connectivity index (χ1n) is 5.26. The Morgan fingerprint density at radius 1 is 1.06 bits per heavy atom. The van der Waals surface area contributed by atoms with Crippen molar-refractivity contribution in [2.45, 2.75) is 6.42 Å². The molecule has 16 heavy (non-hydrogen) atoms. The molecule has 1 atom stereocenters. The van der Waals surface area contributed by atoms with Gasteiger partial charge < -0.3 is 0 Å². The molecule has 2 rings (SSSR count). The van der Waals surface area contributed by atoms with Gasteiger partial charge in [-0.1, -0.05) is 54.6 Å². The lowest BCUT2D eigenvalue weighted by atomic mass is 9.91. The molecule has 0 spiro atoms. The maximum Gasteiger partial charge on any atom is 0.229 e. The predicted molar refractivity (Wildman–Crippen MR) is 62.2 cm³/mol. The monoisotopic (exact) mass is 212 g/mol. The van der Waals surface area contributed by atoms with E-state index in [1.54, 1.807) is 30.3 Å². The van der Waals surface area contributed by atoms with Gasteiger partial charge in [0, 0.05) is 11.5 Å². The Morgan fingerprint density at radius 3 is 2.44 bits per heavy atom. The Kier molecular flexibility index (Phi) is 3.10. The second kappa shape index (κ2) is 4.71. The summed E-state index contributed by atoms with van der Waals surface area (Å²) in [7, 11) is 0.